The number of anilines is 1. The summed E-state index contributed by atoms with van der Waals surface area (Å²) in [7, 11) is 0. The Kier molecular flexibility index (Phi) is 5.59. The summed E-state index contributed by atoms with van der Waals surface area (Å²) in [4.78, 5) is 14.3. The van der Waals surface area contributed by atoms with Crippen LogP contribution in [0.5, 0.6) is 0 Å². The first kappa shape index (κ1) is 21.1. The molecule has 0 aliphatic carbocycles. The fraction of sp³-hybridized carbons (Fsp3) is 0.286. The quantitative estimate of drug-likeness (QED) is 0.423. The zero-order valence-corrected chi connectivity index (χ0v) is 19.1. The van der Waals surface area contributed by atoms with E-state index < -0.39 is 0 Å². The van der Waals surface area contributed by atoms with Crippen LogP contribution in [0.25, 0.3) is 22.5 Å². The molecule has 6 rings (SSSR count). The van der Waals surface area contributed by atoms with Crippen LogP contribution in [0.3, 0.4) is 0 Å². The van der Waals surface area contributed by atoms with E-state index in [1.54, 1.807) is 0 Å². The molecular formula is C28H28FN5. The molecule has 0 bridgehead atoms. The Labute approximate surface area is 199 Å². The average Bonchev–Trinajstić information content (AvgIpc) is 3.46. The standard InChI is InChI=1S/C28H28FN5/c29-23-8-6-21(7-9-23)27-28(22-12-14-30-15-13-22)34-25(10-11-26(34)31-27)20-32-16-18-33(19-17-32)24-4-2-1-3-5-24/h1-9,12-15,25H,10-11,16-20H2. The van der Waals surface area contributed by atoms with Crippen LogP contribution in [0.15, 0.2) is 79.1 Å². The van der Waals surface area contributed by atoms with Gasteiger partial charge >= 0.3 is 0 Å². The average molecular weight is 454 g/mol. The van der Waals surface area contributed by atoms with E-state index in [-0.39, 0.29) is 5.82 Å². The minimum atomic E-state index is -0.228. The van der Waals surface area contributed by atoms with Crippen molar-refractivity contribution < 1.29 is 4.39 Å². The molecular weight excluding hydrogens is 425 g/mol. The number of nitrogens with zero attached hydrogens (tertiary/aromatic N) is 5. The highest BCUT2D eigenvalue weighted by Gasteiger charge is 2.32. The molecule has 172 valence electrons. The third-order valence-corrected chi connectivity index (χ3v) is 7.08. The lowest BCUT2D eigenvalue weighted by Crippen LogP contribution is -2.47. The van der Waals surface area contributed by atoms with E-state index in [0.717, 1.165) is 73.9 Å². The van der Waals surface area contributed by atoms with E-state index in [0.29, 0.717) is 6.04 Å². The van der Waals surface area contributed by atoms with Crippen LogP contribution >= 0.6 is 0 Å². The Morgan fingerprint density at radius 2 is 1.56 bits per heavy atom. The van der Waals surface area contributed by atoms with Gasteiger partial charge in [0.1, 0.15) is 11.6 Å². The van der Waals surface area contributed by atoms with E-state index in [2.05, 4.69) is 49.7 Å². The van der Waals surface area contributed by atoms with Crippen LogP contribution < -0.4 is 4.90 Å². The van der Waals surface area contributed by atoms with Crippen LogP contribution in [-0.2, 0) is 6.42 Å². The second-order valence-electron chi connectivity index (χ2n) is 9.15. The monoisotopic (exact) mass is 453 g/mol. The number of para-hydroxylation sites is 1. The Balaban J connectivity index is 1.27. The molecule has 4 aromatic rings. The number of halogens is 1. The van der Waals surface area contributed by atoms with Crippen molar-refractivity contribution in [2.45, 2.75) is 18.9 Å². The first-order chi connectivity index (χ1) is 16.8. The van der Waals surface area contributed by atoms with Crippen molar-refractivity contribution in [3.05, 3.63) is 90.8 Å². The molecule has 2 aromatic carbocycles. The molecule has 0 radical (unpaired) electrons. The molecule has 2 aromatic heterocycles. The Morgan fingerprint density at radius 1 is 0.824 bits per heavy atom. The third kappa shape index (κ3) is 3.99. The highest BCUT2D eigenvalue weighted by Crippen LogP contribution is 2.40. The molecule has 1 unspecified atom stereocenters. The van der Waals surface area contributed by atoms with Gasteiger partial charge in [-0.25, -0.2) is 9.37 Å². The number of piperazine rings is 1. The number of benzene rings is 2. The summed E-state index contributed by atoms with van der Waals surface area (Å²) in [5.41, 5.74) is 5.41. The van der Waals surface area contributed by atoms with Crippen LogP contribution in [0.1, 0.15) is 18.3 Å². The summed E-state index contributed by atoms with van der Waals surface area (Å²) in [5.74, 6) is 0.896. The predicted molar refractivity (Wildman–Crippen MR) is 133 cm³/mol. The number of imidazole rings is 1. The molecule has 5 nitrogen and oxygen atoms in total. The van der Waals surface area contributed by atoms with E-state index in [9.17, 15) is 4.39 Å². The normalized spacial score (nSPS) is 18.3. The number of aromatic nitrogens is 3. The van der Waals surface area contributed by atoms with Gasteiger partial charge in [-0.05, 0) is 55.0 Å². The SMILES string of the molecule is Fc1ccc(-c2nc3n(c2-c2ccncc2)C(CN2CCN(c4ccccc4)CC2)CC3)cc1. The van der Waals surface area contributed by atoms with Crippen molar-refractivity contribution in [2.24, 2.45) is 0 Å². The van der Waals surface area contributed by atoms with E-state index in [1.807, 2.05) is 36.7 Å². The van der Waals surface area contributed by atoms with Gasteiger partial charge in [0.05, 0.1) is 11.4 Å². The second kappa shape index (κ2) is 9.03. The summed E-state index contributed by atoms with van der Waals surface area (Å²) in [6.45, 7) is 5.24. The summed E-state index contributed by atoms with van der Waals surface area (Å²) >= 11 is 0. The highest BCUT2D eigenvalue weighted by atomic mass is 19.1. The van der Waals surface area contributed by atoms with Gasteiger partial charge in [-0.1, -0.05) is 18.2 Å². The summed E-state index contributed by atoms with van der Waals surface area (Å²) < 4.78 is 16.0. The largest absolute Gasteiger partial charge is 0.369 e. The van der Waals surface area contributed by atoms with Crippen molar-refractivity contribution in [1.82, 2.24) is 19.4 Å². The van der Waals surface area contributed by atoms with Crippen molar-refractivity contribution >= 4 is 5.69 Å². The van der Waals surface area contributed by atoms with Crippen molar-refractivity contribution in [3.8, 4) is 22.5 Å². The Hall–Kier alpha value is -3.51. The minimum absolute atomic E-state index is 0.228. The molecule has 2 aliphatic heterocycles. The zero-order valence-electron chi connectivity index (χ0n) is 19.1. The molecule has 0 saturated carbocycles. The van der Waals surface area contributed by atoms with Gasteiger partial charge < -0.3 is 9.47 Å². The lowest BCUT2D eigenvalue weighted by atomic mass is 10.0. The maximum atomic E-state index is 13.6. The molecule has 0 N–H and O–H groups in total. The summed E-state index contributed by atoms with van der Waals surface area (Å²) in [6.07, 6.45) is 5.73. The first-order valence-electron chi connectivity index (χ1n) is 12.1. The van der Waals surface area contributed by atoms with Crippen LogP contribution in [0, 0.1) is 5.82 Å². The van der Waals surface area contributed by atoms with Crippen LogP contribution in [-0.4, -0.2) is 52.2 Å². The molecule has 0 amide bonds. The second-order valence-corrected chi connectivity index (χ2v) is 9.15. The number of hydrogen-bond donors (Lipinski definition) is 0. The summed E-state index contributed by atoms with van der Waals surface area (Å²) in [6, 6.07) is 21.8. The topological polar surface area (TPSA) is 37.2 Å². The fourth-order valence-corrected chi connectivity index (χ4v) is 5.37. The minimum Gasteiger partial charge on any atom is -0.369 e. The van der Waals surface area contributed by atoms with E-state index >= 15 is 0 Å². The third-order valence-electron chi connectivity index (χ3n) is 7.08. The number of aryl methyl sites for hydroxylation is 1. The molecule has 1 atom stereocenters. The molecule has 1 saturated heterocycles. The van der Waals surface area contributed by atoms with Gasteiger partial charge in [0.2, 0.25) is 0 Å². The highest BCUT2D eigenvalue weighted by molar-refractivity contribution is 5.79. The number of hydrogen-bond acceptors (Lipinski definition) is 4. The first-order valence-corrected chi connectivity index (χ1v) is 12.1. The summed E-state index contributed by atoms with van der Waals surface area (Å²) in [5, 5.41) is 0. The molecule has 6 heteroatoms. The maximum Gasteiger partial charge on any atom is 0.123 e. The number of fused-ring (bicyclic) bond motifs is 1. The molecule has 2 aliphatic rings. The lowest BCUT2D eigenvalue weighted by molar-refractivity contribution is 0.222. The smallest absolute Gasteiger partial charge is 0.123 e. The Bertz CT molecular complexity index is 1250. The van der Waals surface area contributed by atoms with Crippen molar-refractivity contribution in [1.29, 1.82) is 0 Å². The Morgan fingerprint density at radius 3 is 2.29 bits per heavy atom. The zero-order chi connectivity index (χ0) is 22.9. The molecule has 1 fully saturated rings. The van der Waals surface area contributed by atoms with Gasteiger partial charge in [-0.3, -0.25) is 9.88 Å². The van der Waals surface area contributed by atoms with Crippen molar-refractivity contribution in [3.63, 3.8) is 0 Å². The molecule has 0 spiro atoms. The van der Waals surface area contributed by atoms with Gasteiger partial charge in [0.15, 0.2) is 0 Å². The van der Waals surface area contributed by atoms with E-state index in [1.165, 1.54) is 17.8 Å². The fourth-order valence-electron chi connectivity index (χ4n) is 5.37. The van der Waals surface area contributed by atoms with Gasteiger partial charge in [-0.2, -0.15) is 0 Å². The van der Waals surface area contributed by atoms with Gasteiger partial charge in [0, 0.05) is 74.4 Å². The van der Waals surface area contributed by atoms with Gasteiger partial charge in [-0.15, -0.1) is 0 Å². The predicted octanol–water partition coefficient (Wildman–Crippen LogP) is 5.06. The van der Waals surface area contributed by atoms with E-state index in [4.69, 9.17) is 4.98 Å². The number of rotatable bonds is 5. The number of pyridine rings is 1. The lowest BCUT2D eigenvalue weighted by Gasteiger charge is -2.37. The molecule has 34 heavy (non-hydrogen) atoms. The van der Waals surface area contributed by atoms with Gasteiger partial charge in [0.25, 0.3) is 0 Å². The van der Waals surface area contributed by atoms with Crippen LogP contribution in [0.4, 0.5) is 10.1 Å². The van der Waals surface area contributed by atoms with Crippen LogP contribution in [0.2, 0.25) is 0 Å². The van der Waals surface area contributed by atoms with Crippen molar-refractivity contribution in [2.75, 3.05) is 37.6 Å². The maximum absolute atomic E-state index is 13.6. The molecule has 4 heterocycles.